The van der Waals surface area contributed by atoms with Gasteiger partial charge in [0.15, 0.2) is 0 Å². The minimum atomic E-state index is -0.364. The first-order valence-electron chi connectivity index (χ1n) is 8.24. The van der Waals surface area contributed by atoms with E-state index in [1.807, 2.05) is 38.1 Å². The molecule has 0 aromatic heterocycles. The number of nitrogens with zero attached hydrogens (tertiary/aromatic N) is 2. The first-order valence-corrected chi connectivity index (χ1v) is 8.24. The van der Waals surface area contributed by atoms with Gasteiger partial charge in [-0.3, -0.25) is 19.3 Å². The highest BCUT2D eigenvalue weighted by atomic mass is 16.2. The van der Waals surface area contributed by atoms with Crippen LogP contribution in [0.5, 0.6) is 0 Å². The number of imide groups is 1. The molecular formula is C20H20N2O3. The Morgan fingerprint density at radius 2 is 1.72 bits per heavy atom. The summed E-state index contributed by atoms with van der Waals surface area (Å²) in [4.78, 5) is 39.8. The minimum Gasteiger partial charge on any atom is -0.335 e. The molecule has 1 aliphatic heterocycles. The molecule has 0 N–H and O–H groups in total. The third-order valence-corrected chi connectivity index (χ3v) is 4.63. The van der Waals surface area contributed by atoms with Gasteiger partial charge in [-0.15, -0.1) is 0 Å². The molecular weight excluding hydrogens is 316 g/mol. The fourth-order valence-electron chi connectivity index (χ4n) is 3.00. The topological polar surface area (TPSA) is 57.7 Å². The zero-order chi connectivity index (χ0) is 18.1. The van der Waals surface area contributed by atoms with E-state index in [0.717, 1.165) is 16.0 Å². The van der Waals surface area contributed by atoms with Gasteiger partial charge >= 0.3 is 0 Å². The van der Waals surface area contributed by atoms with Crippen LogP contribution in [-0.2, 0) is 6.54 Å². The number of carbonyl (C=O) groups is 3. The average Bonchev–Trinajstić information content (AvgIpc) is 2.84. The minimum absolute atomic E-state index is 0.150. The van der Waals surface area contributed by atoms with Crippen molar-refractivity contribution in [1.82, 2.24) is 9.80 Å². The van der Waals surface area contributed by atoms with Crippen molar-refractivity contribution in [2.75, 3.05) is 13.6 Å². The largest absolute Gasteiger partial charge is 0.335 e. The normalized spacial score (nSPS) is 13.2. The van der Waals surface area contributed by atoms with Gasteiger partial charge in [-0.25, -0.2) is 0 Å². The van der Waals surface area contributed by atoms with Gasteiger partial charge in [0, 0.05) is 25.7 Å². The molecule has 0 saturated heterocycles. The number of fused-ring (bicyclic) bond motifs is 1. The monoisotopic (exact) mass is 336 g/mol. The van der Waals surface area contributed by atoms with Crippen LogP contribution in [0.2, 0.25) is 0 Å². The Kier molecular flexibility index (Phi) is 4.40. The molecule has 2 aromatic carbocycles. The van der Waals surface area contributed by atoms with Gasteiger partial charge in [-0.05, 0) is 43.2 Å². The lowest BCUT2D eigenvalue weighted by molar-refractivity contribution is 0.0692. The van der Waals surface area contributed by atoms with Crippen LogP contribution >= 0.6 is 0 Å². The molecule has 3 amide bonds. The van der Waals surface area contributed by atoms with Crippen molar-refractivity contribution in [3.05, 3.63) is 70.3 Å². The van der Waals surface area contributed by atoms with Crippen LogP contribution < -0.4 is 0 Å². The second-order valence-electron chi connectivity index (χ2n) is 6.18. The van der Waals surface area contributed by atoms with E-state index in [1.165, 1.54) is 13.1 Å². The van der Waals surface area contributed by atoms with E-state index in [0.29, 0.717) is 29.8 Å². The standard InChI is InChI=1S/C20H20N2O3/c1-4-22(12-15-8-6-5-7-13(15)2)18(23)14-9-10-16-17(11-14)20(25)21(3)19(16)24/h5-11H,4,12H2,1-3H3. The van der Waals surface area contributed by atoms with E-state index in [4.69, 9.17) is 0 Å². The maximum absolute atomic E-state index is 12.9. The van der Waals surface area contributed by atoms with Crippen molar-refractivity contribution in [2.24, 2.45) is 0 Å². The van der Waals surface area contributed by atoms with Crippen molar-refractivity contribution in [1.29, 1.82) is 0 Å². The van der Waals surface area contributed by atoms with Gasteiger partial charge in [0.2, 0.25) is 0 Å². The van der Waals surface area contributed by atoms with Gasteiger partial charge in [0.05, 0.1) is 11.1 Å². The number of rotatable bonds is 4. The van der Waals surface area contributed by atoms with Gasteiger partial charge in [0.25, 0.3) is 17.7 Å². The van der Waals surface area contributed by atoms with E-state index in [2.05, 4.69) is 0 Å². The van der Waals surface area contributed by atoms with E-state index >= 15 is 0 Å². The summed E-state index contributed by atoms with van der Waals surface area (Å²) in [6.45, 7) is 5.00. The third kappa shape index (κ3) is 2.93. The second kappa shape index (κ2) is 6.51. The zero-order valence-electron chi connectivity index (χ0n) is 14.6. The lowest BCUT2D eigenvalue weighted by atomic mass is 10.0. The van der Waals surface area contributed by atoms with Crippen molar-refractivity contribution in [3.63, 3.8) is 0 Å². The number of carbonyl (C=O) groups excluding carboxylic acids is 3. The summed E-state index contributed by atoms with van der Waals surface area (Å²) in [5.74, 6) is -0.841. The molecule has 5 nitrogen and oxygen atoms in total. The first kappa shape index (κ1) is 16.9. The van der Waals surface area contributed by atoms with Gasteiger partial charge in [-0.2, -0.15) is 0 Å². The van der Waals surface area contributed by atoms with E-state index in [1.54, 1.807) is 17.0 Å². The van der Waals surface area contributed by atoms with Crippen LogP contribution in [0, 0.1) is 6.92 Å². The average molecular weight is 336 g/mol. The summed E-state index contributed by atoms with van der Waals surface area (Å²) in [5.41, 5.74) is 3.29. The Hall–Kier alpha value is -2.95. The highest BCUT2D eigenvalue weighted by Crippen LogP contribution is 2.23. The summed E-state index contributed by atoms with van der Waals surface area (Å²) >= 11 is 0. The summed E-state index contributed by atoms with van der Waals surface area (Å²) in [6, 6.07) is 12.7. The van der Waals surface area contributed by atoms with Crippen LogP contribution in [0.25, 0.3) is 0 Å². The lowest BCUT2D eigenvalue weighted by Crippen LogP contribution is -2.30. The van der Waals surface area contributed by atoms with Crippen LogP contribution in [0.1, 0.15) is 49.1 Å². The van der Waals surface area contributed by atoms with Crippen LogP contribution in [-0.4, -0.2) is 41.1 Å². The Morgan fingerprint density at radius 3 is 2.40 bits per heavy atom. The molecule has 0 atom stereocenters. The fraction of sp³-hybridized carbons (Fsp3) is 0.250. The molecule has 25 heavy (non-hydrogen) atoms. The number of hydrogen-bond donors (Lipinski definition) is 0. The van der Waals surface area contributed by atoms with E-state index in [9.17, 15) is 14.4 Å². The SMILES string of the molecule is CCN(Cc1ccccc1C)C(=O)c1ccc2c(c1)C(=O)N(C)C2=O. The summed E-state index contributed by atoms with van der Waals surface area (Å²) in [5, 5.41) is 0. The Labute approximate surface area is 146 Å². The van der Waals surface area contributed by atoms with E-state index in [-0.39, 0.29) is 17.7 Å². The Balaban J connectivity index is 1.89. The van der Waals surface area contributed by atoms with Crippen LogP contribution in [0.4, 0.5) is 0 Å². The number of benzene rings is 2. The predicted molar refractivity (Wildman–Crippen MR) is 94.5 cm³/mol. The molecule has 0 radical (unpaired) electrons. The maximum Gasteiger partial charge on any atom is 0.261 e. The lowest BCUT2D eigenvalue weighted by Gasteiger charge is -2.22. The molecule has 1 aliphatic rings. The molecule has 1 heterocycles. The molecule has 0 unspecified atom stereocenters. The molecule has 2 aromatic rings. The maximum atomic E-state index is 12.9. The van der Waals surface area contributed by atoms with E-state index < -0.39 is 0 Å². The predicted octanol–water partition coefficient (Wildman–Crippen LogP) is 2.88. The molecule has 0 bridgehead atoms. The molecule has 0 aliphatic carbocycles. The van der Waals surface area contributed by atoms with Gasteiger partial charge < -0.3 is 4.90 Å². The van der Waals surface area contributed by atoms with Crippen molar-refractivity contribution >= 4 is 17.7 Å². The van der Waals surface area contributed by atoms with Crippen molar-refractivity contribution in [2.45, 2.75) is 20.4 Å². The highest BCUT2D eigenvalue weighted by Gasteiger charge is 2.33. The van der Waals surface area contributed by atoms with Gasteiger partial charge in [-0.1, -0.05) is 24.3 Å². The molecule has 0 fully saturated rings. The fourth-order valence-corrected chi connectivity index (χ4v) is 3.00. The van der Waals surface area contributed by atoms with Crippen molar-refractivity contribution < 1.29 is 14.4 Å². The molecule has 0 spiro atoms. The molecule has 0 saturated carbocycles. The summed E-state index contributed by atoms with van der Waals surface area (Å²) < 4.78 is 0. The summed E-state index contributed by atoms with van der Waals surface area (Å²) in [6.07, 6.45) is 0. The molecule has 5 heteroatoms. The quantitative estimate of drug-likeness (QED) is 0.807. The van der Waals surface area contributed by atoms with Gasteiger partial charge in [0.1, 0.15) is 0 Å². The molecule has 128 valence electrons. The smallest absolute Gasteiger partial charge is 0.261 e. The number of amides is 3. The Bertz CT molecular complexity index is 873. The highest BCUT2D eigenvalue weighted by molar-refractivity contribution is 6.21. The number of aryl methyl sites for hydroxylation is 1. The van der Waals surface area contributed by atoms with Crippen molar-refractivity contribution in [3.8, 4) is 0 Å². The molecule has 3 rings (SSSR count). The zero-order valence-corrected chi connectivity index (χ0v) is 14.6. The third-order valence-electron chi connectivity index (χ3n) is 4.63. The second-order valence-corrected chi connectivity index (χ2v) is 6.18. The van der Waals surface area contributed by atoms with Crippen LogP contribution in [0.3, 0.4) is 0 Å². The Morgan fingerprint density at radius 1 is 1.04 bits per heavy atom. The first-order chi connectivity index (χ1) is 11.9. The number of hydrogen-bond acceptors (Lipinski definition) is 3. The summed E-state index contributed by atoms with van der Waals surface area (Å²) in [7, 11) is 1.45. The van der Waals surface area contributed by atoms with Crippen LogP contribution in [0.15, 0.2) is 42.5 Å².